The lowest BCUT2D eigenvalue weighted by molar-refractivity contribution is -0.167. The second-order valence-corrected chi connectivity index (χ2v) is 17.4. The number of hydrogen-bond acceptors (Lipinski definition) is 6. The summed E-state index contributed by atoms with van der Waals surface area (Å²) in [4.78, 5) is 37.9. The molecule has 0 aliphatic carbocycles. The predicted octanol–water partition coefficient (Wildman–Crippen LogP) is 17.6. The highest BCUT2D eigenvalue weighted by Crippen LogP contribution is 2.15. The van der Waals surface area contributed by atoms with Crippen molar-refractivity contribution in [2.24, 2.45) is 0 Å². The Labute approximate surface area is 395 Å². The van der Waals surface area contributed by atoms with E-state index in [-0.39, 0.29) is 37.5 Å². The van der Waals surface area contributed by atoms with Crippen molar-refractivity contribution < 1.29 is 28.6 Å². The van der Waals surface area contributed by atoms with Gasteiger partial charge in [-0.15, -0.1) is 0 Å². The lowest BCUT2D eigenvalue weighted by Crippen LogP contribution is -2.30. The van der Waals surface area contributed by atoms with Gasteiger partial charge in [-0.3, -0.25) is 14.4 Å². The highest BCUT2D eigenvalue weighted by Gasteiger charge is 2.19. The zero-order valence-corrected chi connectivity index (χ0v) is 41.8. The van der Waals surface area contributed by atoms with Crippen LogP contribution in [-0.2, 0) is 28.6 Å². The minimum absolute atomic E-state index is 0.0917. The Morgan fingerprint density at radius 3 is 0.953 bits per heavy atom. The van der Waals surface area contributed by atoms with Gasteiger partial charge in [0, 0.05) is 19.3 Å². The maximum absolute atomic E-state index is 12.8. The summed E-state index contributed by atoms with van der Waals surface area (Å²) in [5.74, 6) is -0.953. The van der Waals surface area contributed by atoms with Crippen LogP contribution in [0.3, 0.4) is 0 Å². The quantitative estimate of drug-likeness (QED) is 0.0262. The maximum atomic E-state index is 12.8. The number of allylic oxidation sites excluding steroid dienone is 14. The van der Waals surface area contributed by atoms with Crippen LogP contribution in [0.5, 0.6) is 0 Å². The molecule has 0 radical (unpaired) electrons. The van der Waals surface area contributed by atoms with Gasteiger partial charge >= 0.3 is 17.9 Å². The van der Waals surface area contributed by atoms with Crippen LogP contribution < -0.4 is 0 Å². The first-order valence-corrected chi connectivity index (χ1v) is 26.6. The Morgan fingerprint density at radius 1 is 0.328 bits per heavy atom. The molecule has 1 atom stereocenters. The first-order chi connectivity index (χ1) is 31.5. The van der Waals surface area contributed by atoms with Crippen LogP contribution in [0.4, 0.5) is 0 Å². The van der Waals surface area contributed by atoms with Gasteiger partial charge in [0.05, 0.1) is 0 Å². The van der Waals surface area contributed by atoms with Crippen molar-refractivity contribution >= 4 is 17.9 Å². The molecule has 0 spiro atoms. The summed E-state index contributed by atoms with van der Waals surface area (Å²) < 4.78 is 16.7. The summed E-state index contributed by atoms with van der Waals surface area (Å²) in [5, 5.41) is 0. The van der Waals surface area contributed by atoms with Crippen molar-refractivity contribution in [3.63, 3.8) is 0 Å². The minimum atomic E-state index is -0.795. The topological polar surface area (TPSA) is 78.9 Å². The standard InChI is InChI=1S/C58H98O6/c1-4-7-10-13-16-19-22-24-25-26-27-28-29-30-31-32-33-35-36-39-42-45-48-51-57(60)63-54-55(53-62-56(59)50-47-44-41-38-21-18-15-12-9-6-3)64-58(61)52-49-46-43-40-37-34-23-20-17-14-11-8-5-2/h7,10,16,19,24-25,27-28,30-31,33,35,39,42,55H,4-6,8-9,11-15,17-18,20-23,26,29,32,34,36-38,40-41,43-54H2,1-3H3/b10-7-,19-16-,25-24-,28-27-,31-30-,35-33-,42-39-. The van der Waals surface area contributed by atoms with Gasteiger partial charge in [-0.2, -0.15) is 0 Å². The molecule has 0 saturated carbocycles. The maximum Gasteiger partial charge on any atom is 0.306 e. The number of hydrogen-bond donors (Lipinski definition) is 0. The van der Waals surface area contributed by atoms with Gasteiger partial charge in [0.2, 0.25) is 0 Å². The van der Waals surface area contributed by atoms with Gasteiger partial charge in [0.1, 0.15) is 13.2 Å². The molecule has 0 aliphatic heterocycles. The molecule has 0 aromatic heterocycles. The third-order valence-electron chi connectivity index (χ3n) is 11.2. The summed E-state index contributed by atoms with van der Waals surface area (Å²) in [7, 11) is 0. The summed E-state index contributed by atoms with van der Waals surface area (Å²) in [6, 6.07) is 0. The monoisotopic (exact) mass is 891 g/mol. The van der Waals surface area contributed by atoms with Gasteiger partial charge in [0.15, 0.2) is 6.10 Å². The van der Waals surface area contributed by atoms with Gasteiger partial charge in [-0.05, 0) is 70.6 Å². The van der Waals surface area contributed by atoms with Crippen LogP contribution >= 0.6 is 0 Å². The Balaban J connectivity index is 4.41. The molecule has 0 saturated heterocycles. The van der Waals surface area contributed by atoms with Gasteiger partial charge < -0.3 is 14.2 Å². The molecule has 0 heterocycles. The normalized spacial score (nSPS) is 12.7. The van der Waals surface area contributed by atoms with Crippen molar-refractivity contribution in [3.8, 4) is 0 Å². The van der Waals surface area contributed by atoms with Crippen molar-refractivity contribution in [3.05, 3.63) is 85.1 Å². The van der Waals surface area contributed by atoms with Crippen molar-refractivity contribution in [2.45, 2.75) is 252 Å². The summed E-state index contributed by atoms with van der Waals surface area (Å²) in [6.45, 7) is 6.46. The van der Waals surface area contributed by atoms with Crippen molar-refractivity contribution in [1.82, 2.24) is 0 Å². The zero-order chi connectivity index (χ0) is 46.5. The average molecular weight is 891 g/mol. The Morgan fingerprint density at radius 2 is 0.609 bits per heavy atom. The molecule has 1 unspecified atom stereocenters. The molecule has 0 amide bonds. The Bertz CT molecular complexity index is 1250. The van der Waals surface area contributed by atoms with Gasteiger partial charge in [-0.25, -0.2) is 0 Å². The highest BCUT2D eigenvalue weighted by molar-refractivity contribution is 5.71. The van der Waals surface area contributed by atoms with Gasteiger partial charge in [-0.1, -0.05) is 241 Å². The molecule has 64 heavy (non-hydrogen) atoms. The van der Waals surface area contributed by atoms with Crippen LogP contribution in [0, 0.1) is 0 Å². The summed E-state index contributed by atoms with van der Waals surface area (Å²) in [5.41, 5.74) is 0. The largest absolute Gasteiger partial charge is 0.462 e. The number of esters is 3. The first kappa shape index (κ1) is 60.6. The van der Waals surface area contributed by atoms with E-state index < -0.39 is 6.10 Å². The van der Waals surface area contributed by atoms with Crippen LogP contribution in [0.1, 0.15) is 245 Å². The van der Waals surface area contributed by atoms with E-state index in [9.17, 15) is 14.4 Å². The molecule has 0 aliphatic rings. The van der Waals surface area contributed by atoms with Crippen LogP contribution in [-0.4, -0.2) is 37.2 Å². The SMILES string of the molecule is CC/C=C\C/C=C\C/C=C\C/C=C\C/C=C\C/C=C\C/C=C\CCCC(=O)OCC(COC(=O)CCCCCCCCCCCC)OC(=O)CCCCCCCCCCCCCCC. The Kier molecular flexibility index (Phi) is 49.4. The fraction of sp³-hybridized carbons (Fsp3) is 0.707. The van der Waals surface area contributed by atoms with Crippen LogP contribution in [0.15, 0.2) is 85.1 Å². The molecule has 0 fully saturated rings. The summed E-state index contributed by atoms with van der Waals surface area (Å²) >= 11 is 0. The molecule has 0 rings (SSSR count). The van der Waals surface area contributed by atoms with Crippen LogP contribution in [0.2, 0.25) is 0 Å². The smallest absolute Gasteiger partial charge is 0.306 e. The Hall–Kier alpha value is -3.41. The van der Waals surface area contributed by atoms with E-state index in [1.165, 1.54) is 109 Å². The molecule has 0 aromatic carbocycles. The second kappa shape index (κ2) is 52.2. The fourth-order valence-corrected chi connectivity index (χ4v) is 7.20. The first-order valence-electron chi connectivity index (χ1n) is 26.6. The third kappa shape index (κ3) is 49.6. The van der Waals surface area contributed by atoms with E-state index >= 15 is 0 Å². The molecule has 6 nitrogen and oxygen atoms in total. The van der Waals surface area contributed by atoms with Gasteiger partial charge in [0.25, 0.3) is 0 Å². The van der Waals surface area contributed by atoms with E-state index in [1.807, 2.05) is 0 Å². The number of ether oxygens (including phenoxy) is 3. The molecule has 0 bridgehead atoms. The number of carbonyl (C=O) groups excluding carboxylic acids is 3. The molecular formula is C58H98O6. The number of carbonyl (C=O) groups is 3. The molecular weight excluding hydrogens is 793 g/mol. The molecule has 366 valence electrons. The molecule has 6 heteroatoms. The molecule has 0 N–H and O–H groups in total. The highest BCUT2D eigenvalue weighted by atomic mass is 16.6. The average Bonchev–Trinajstić information content (AvgIpc) is 3.29. The van der Waals surface area contributed by atoms with Crippen LogP contribution in [0.25, 0.3) is 0 Å². The minimum Gasteiger partial charge on any atom is -0.462 e. The molecule has 0 aromatic rings. The van der Waals surface area contributed by atoms with E-state index in [0.717, 1.165) is 89.9 Å². The van der Waals surface area contributed by atoms with Crippen molar-refractivity contribution in [2.75, 3.05) is 13.2 Å². The lowest BCUT2D eigenvalue weighted by Gasteiger charge is -2.18. The fourth-order valence-electron chi connectivity index (χ4n) is 7.20. The number of rotatable bonds is 47. The van der Waals surface area contributed by atoms with E-state index in [2.05, 4.69) is 106 Å². The second-order valence-electron chi connectivity index (χ2n) is 17.4. The lowest BCUT2D eigenvalue weighted by atomic mass is 10.0. The van der Waals surface area contributed by atoms with Crippen molar-refractivity contribution in [1.29, 1.82) is 0 Å². The zero-order valence-electron chi connectivity index (χ0n) is 41.8. The van der Waals surface area contributed by atoms with E-state index in [0.29, 0.717) is 19.3 Å². The number of unbranched alkanes of at least 4 members (excludes halogenated alkanes) is 22. The van der Waals surface area contributed by atoms with E-state index in [4.69, 9.17) is 14.2 Å². The predicted molar refractivity (Wildman–Crippen MR) is 274 cm³/mol. The van der Waals surface area contributed by atoms with E-state index in [1.54, 1.807) is 0 Å². The summed E-state index contributed by atoms with van der Waals surface area (Å²) in [6.07, 6.45) is 67.2. The third-order valence-corrected chi connectivity index (χ3v) is 11.2.